The van der Waals surface area contributed by atoms with Crippen LogP contribution in [0.4, 0.5) is 0 Å². The van der Waals surface area contributed by atoms with Crippen LogP contribution in [0.1, 0.15) is 40.0 Å². The van der Waals surface area contributed by atoms with Gasteiger partial charge in [-0.15, -0.1) is 0 Å². The van der Waals surface area contributed by atoms with Crippen molar-refractivity contribution in [3.8, 4) is 0 Å². The molecule has 2 aliphatic heterocycles. The zero-order valence-electron chi connectivity index (χ0n) is 12.1. The standard InChI is InChI=1S/C15H24N2O2/c1-4-5-6-9-17-13(11(2)3)15(19)16-10-7-8-12(16)14(17)18/h4-5,11-13H,6-10H2,1-3H3/b5-4+. The minimum absolute atomic E-state index is 0.151. The van der Waals surface area contributed by atoms with Crippen LogP contribution in [0.5, 0.6) is 0 Å². The maximum atomic E-state index is 12.6. The van der Waals surface area contributed by atoms with Crippen LogP contribution >= 0.6 is 0 Å². The van der Waals surface area contributed by atoms with Crippen LogP contribution in [0.25, 0.3) is 0 Å². The van der Waals surface area contributed by atoms with Gasteiger partial charge in [0.15, 0.2) is 0 Å². The largest absolute Gasteiger partial charge is 0.329 e. The minimum Gasteiger partial charge on any atom is -0.329 e. The Morgan fingerprint density at radius 1 is 1.32 bits per heavy atom. The fraction of sp³-hybridized carbons (Fsp3) is 0.733. The number of nitrogens with zero attached hydrogens (tertiary/aromatic N) is 2. The summed E-state index contributed by atoms with van der Waals surface area (Å²) in [7, 11) is 0. The van der Waals surface area contributed by atoms with E-state index in [0.29, 0.717) is 6.54 Å². The Kier molecular flexibility index (Phi) is 4.27. The smallest absolute Gasteiger partial charge is 0.246 e. The highest BCUT2D eigenvalue weighted by Crippen LogP contribution is 2.29. The number of allylic oxidation sites excluding steroid dienone is 1. The molecule has 2 amide bonds. The highest BCUT2D eigenvalue weighted by atomic mass is 16.2. The number of hydrogen-bond donors (Lipinski definition) is 0. The number of piperazine rings is 1. The van der Waals surface area contributed by atoms with Gasteiger partial charge < -0.3 is 9.80 Å². The van der Waals surface area contributed by atoms with E-state index in [-0.39, 0.29) is 29.8 Å². The fourth-order valence-electron chi connectivity index (χ4n) is 3.19. The van der Waals surface area contributed by atoms with Gasteiger partial charge in [-0.25, -0.2) is 0 Å². The van der Waals surface area contributed by atoms with E-state index in [1.807, 2.05) is 31.7 Å². The Labute approximate surface area is 115 Å². The van der Waals surface area contributed by atoms with Crippen LogP contribution in [0.3, 0.4) is 0 Å². The topological polar surface area (TPSA) is 40.6 Å². The first-order valence-electron chi connectivity index (χ1n) is 7.30. The zero-order valence-corrected chi connectivity index (χ0v) is 12.1. The summed E-state index contributed by atoms with van der Waals surface area (Å²) in [6, 6.07) is -0.458. The average Bonchev–Trinajstić information content (AvgIpc) is 2.84. The second kappa shape index (κ2) is 5.76. The highest BCUT2D eigenvalue weighted by molar-refractivity contribution is 5.97. The van der Waals surface area contributed by atoms with E-state index < -0.39 is 0 Å². The Balaban J connectivity index is 2.20. The van der Waals surface area contributed by atoms with Crippen molar-refractivity contribution >= 4 is 11.8 Å². The van der Waals surface area contributed by atoms with Gasteiger partial charge in [-0.3, -0.25) is 9.59 Å². The second-order valence-corrected chi connectivity index (χ2v) is 5.77. The van der Waals surface area contributed by atoms with Crippen LogP contribution in [0, 0.1) is 5.92 Å². The first-order valence-corrected chi connectivity index (χ1v) is 7.30. The molecule has 2 aliphatic rings. The summed E-state index contributed by atoms with van der Waals surface area (Å²) in [5, 5.41) is 0. The molecular weight excluding hydrogens is 240 g/mol. The summed E-state index contributed by atoms with van der Waals surface area (Å²) in [4.78, 5) is 28.7. The molecule has 4 heteroatoms. The maximum absolute atomic E-state index is 12.6. The van der Waals surface area contributed by atoms with E-state index in [4.69, 9.17) is 0 Å². The predicted molar refractivity (Wildman–Crippen MR) is 74.5 cm³/mol. The lowest BCUT2D eigenvalue weighted by atomic mass is 9.95. The van der Waals surface area contributed by atoms with Gasteiger partial charge in [-0.2, -0.15) is 0 Å². The molecule has 0 saturated carbocycles. The van der Waals surface area contributed by atoms with E-state index >= 15 is 0 Å². The summed E-state index contributed by atoms with van der Waals surface area (Å²) >= 11 is 0. The Morgan fingerprint density at radius 2 is 2.05 bits per heavy atom. The van der Waals surface area contributed by atoms with Crippen molar-refractivity contribution in [2.24, 2.45) is 5.92 Å². The lowest BCUT2D eigenvalue weighted by molar-refractivity contribution is -0.161. The SMILES string of the molecule is C/C=C/CCN1C(=O)C2CCCN2C(=O)C1C(C)C. The Morgan fingerprint density at radius 3 is 2.68 bits per heavy atom. The van der Waals surface area contributed by atoms with E-state index in [1.54, 1.807) is 4.90 Å². The van der Waals surface area contributed by atoms with Crippen LogP contribution in [0.15, 0.2) is 12.2 Å². The molecule has 0 aliphatic carbocycles. The molecule has 2 rings (SSSR count). The number of rotatable bonds is 4. The lowest BCUT2D eigenvalue weighted by Gasteiger charge is -2.44. The van der Waals surface area contributed by atoms with E-state index in [1.165, 1.54) is 0 Å². The monoisotopic (exact) mass is 264 g/mol. The minimum atomic E-state index is -0.271. The summed E-state index contributed by atoms with van der Waals surface area (Å²) < 4.78 is 0. The molecule has 0 bridgehead atoms. The number of carbonyl (C=O) groups excluding carboxylic acids is 2. The second-order valence-electron chi connectivity index (χ2n) is 5.77. The molecule has 2 heterocycles. The van der Waals surface area contributed by atoms with Gasteiger partial charge in [0.2, 0.25) is 11.8 Å². The van der Waals surface area contributed by atoms with Crippen molar-refractivity contribution in [2.75, 3.05) is 13.1 Å². The molecule has 19 heavy (non-hydrogen) atoms. The molecule has 0 aromatic carbocycles. The number of amides is 2. The molecule has 106 valence electrons. The fourth-order valence-corrected chi connectivity index (χ4v) is 3.19. The number of fused-ring (bicyclic) bond motifs is 1. The van der Waals surface area contributed by atoms with Gasteiger partial charge in [0.1, 0.15) is 12.1 Å². The first-order chi connectivity index (χ1) is 9.07. The third-order valence-electron chi connectivity index (χ3n) is 4.10. The predicted octanol–water partition coefficient (Wildman–Crippen LogP) is 1.81. The van der Waals surface area contributed by atoms with Crippen LogP contribution < -0.4 is 0 Å². The average molecular weight is 264 g/mol. The van der Waals surface area contributed by atoms with Gasteiger partial charge in [-0.1, -0.05) is 26.0 Å². The summed E-state index contributed by atoms with van der Waals surface area (Å²) in [5.74, 6) is 0.474. The molecule has 2 fully saturated rings. The molecule has 2 saturated heterocycles. The van der Waals surface area contributed by atoms with Gasteiger partial charge in [-0.05, 0) is 32.1 Å². The highest BCUT2D eigenvalue weighted by Gasteiger charge is 2.48. The van der Waals surface area contributed by atoms with Crippen LogP contribution in [-0.4, -0.2) is 46.8 Å². The van der Waals surface area contributed by atoms with Crippen molar-refractivity contribution in [1.29, 1.82) is 0 Å². The van der Waals surface area contributed by atoms with Crippen LogP contribution in [0.2, 0.25) is 0 Å². The van der Waals surface area contributed by atoms with Crippen molar-refractivity contribution in [3.63, 3.8) is 0 Å². The summed E-state index contributed by atoms with van der Waals surface area (Å²) in [6.07, 6.45) is 6.65. The number of carbonyl (C=O) groups is 2. The van der Waals surface area contributed by atoms with Crippen molar-refractivity contribution in [1.82, 2.24) is 9.80 Å². The van der Waals surface area contributed by atoms with E-state index in [9.17, 15) is 9.59 Å². The van der Waals surface area contributed by atoms with E-state index in [2.05, 4.69) is 6.08 Å². The van der Waals surface area contributed by atoms with Gasteiger partial charge in [0.05, 0.1) is 0 Å². The van der Waals surface area contributed by atoms with E-state index in [0.717, 1.165) is 25.8 Å². The Bertz CT molecular complexity index is 390. The molecular formula is C15H24N2O2. The number of hydrogen-bond acceptors (Lipinski definition) is 2. The maximum Gasteiger partial charge on any atom is 0.246 e. The van der Waals surface area contributed by atoms with Crippen molar-refractivity contribution in [3.05, 3.63) is 12.2 Å². The normalized spacial score (nSPS) is 27.8. The van der Waals surface area contributed by atoms with Gasteiger partial charge >= 0.3 is 0 Å². The Hall–Kier alpha value is -1.32. The quantitative estimate of drug-likeness (QED) is 0.727. The molecule has 2 unspecified atom stereocenters. The van der Waals surface area contributed by atoms with Gasteiger partial charge in [0, 0.05) is 13.1 Å². The molecule has 2 atom stereocenters. The zero-order chi connectivity index (χ0) is 14.0. The molecule has 0 N–H and O–H groups in total. The van der Waals surface area contributed by atoms with Gasteiger partial charge in [0.25, 0.3) is 0 Å². The van der Waals surface area contributed by atoms with Crippen molar-refractivity contribution in [2.45, 2.75) is 52.1 Å². The lowest BCUT2D eigenvalue weighted by Crippen LogP contribution is -2.64. The molecule has 0 aromatic heterocycles. The molecule has 0 radical (unpaired) electrons. The molecule has 4 nitrogen and oxygen atoms in total. The molecule has 0 aromatic rings. The summed E-state index contributed by atoms with van der Waals surface area (Å²) in [6.45, 7) is 7.43. The third kappa shape index (κ3) is 2.53. The third-order valence-corrected chi connectivity index (χ3v) is 4.10. The van der Waals surface area contributed by atoms with Crippen molar-refractivity contribution < 1.29 is 9.59 Å². The van der Waals surface area contributed by atoms with Crippen LogP contribution in [-0.2, 0) is 9.59 Å². The molecule has 0 spiro atoms. The summed E-state index contributed by atoms with van der Waals surface area (Å²) in [5.41, 5.74) is 0. The first kappa shape index (κ1) is 14.1.